The van der Waals surface area contributed by atoms with Crippen LogP contribution in [0.15, 0.2) is 24.2 Å². The van der Waals surface area contributed by atoms with Crippen molar-refractivity contribution >= 4 is 15.8 Å². The molecule has 0 amide bonds. The molecule has 1 rings (SSSR count). The molecule has 0 atom stereocenters. The van der Waals surface area contributed by atoms with E-state index in [4.69, 9.17) is 30.2 Å². The van der Waals surface area contributed by atoms with Gasteiger partial charge in [-0.05, 0) is 18.0 Å². The lowest BCUT2D eigenvalue weighted by atomic mass is 10.1. The van der Waals surface area contributed by atoms with E-state index in [2.05, 4.69) is 0 Å². The molecular weight excluding hydrogens is 312 g/mol. The van der Waals surface area contributed by atoms with Gasteiger partial charge in [-0.2, -0.15) is 0 Å². The van der Waals surface area contributed by atoms with Gasteiger partial charge in [0.2, 0.25) is 0 Å². The molecule has 0 saturated heterocycles. The maximum Gasteiger partial charge on any atom is 0.335 e. The number of hydrogen-bond donors (Lipinski definition) is 1. The second kappa shape index (κ2) is 10.4. The number of rotatable bonds is 12. The van der Waals surface area contributed by atoms with E-state index in [1.54, 1.807) is 0 Å². The lowest BCUT2D eigenvalue weighted by Gasteiger charge is -2.07. The molecule has 0 saturated carbocycles. The minimum atomic E-state index is -5.79. The number of carboxylic acids is 1. The molecule has 1 N–H and O–H groups in total. The van der Waals surface area contributed by atoms with Crippen molar-refractivity contribution in [3.8, 4) is 0 Å². The smallest absolute Gasteiger partial charge is 0.335 e. The van der Waals surface area contributed by atoms with Crippen LogP contribution in [0.5, 0.6) is 0 Å². The molecule has 23 heavy (non-hydrogen) atoms. The van der Waals surface area contributed by atoms with Gasteiger partial charge < -0.3 is 5.11 Å². The van der Waals surface area contributed by atoms with E-state index in [1.807, 2.05) is 0 Å². The molecule has 1 aromatic carbocycles. The Morgan fingerprint density at radius 2 is 1.83 bits per heavy atom. The molecule has 0 fully saturated rings. The van der Waals surface area contributed by atoms with Gasteiger partial charge in [0.1, 0.15) is 0 Å². The second-order valence-electron chi connectivity index (χ2n) is 3.75. The van der Waals surface area contributed by atoms with E-state index in [9.17, 15) is 18.3 Å². The first kappa shape index (κ1) is 4.84. The minimum absolute atomic E-state index is 0.427. The Labute approximate surface area is 170 Å². The average Bonchev–Trinajstić information content (AvgIpc) is 2.82. The van der Waals surface area contributed by atoms with Gasteiger partial charge in [-0.15, -0.1) is 0 Å². The number of carboxylic acid groups (broad SMARTS) is 1. The number of sulfone groups is 1. The van der Waals surface area contributed by atoms with Crippen molar-refractivity contribution in [2.75, 3.05) is 5.70 Å². The van der Waals surface area contributed by atoms with Crippen LogP contribution in [-0.2, 0) is 15.6 Å². The molecule has 0 heterocycles. The van der Waals surface area contributed by atoms with Crippen LogP contribution in [0.25, 0.3) is 0 Å². The van der Waals surface area contributed by atoms with E-state index in [0.29, 0.717) is 6.07 Å². The molecule has 0 unspecified atom stereocenters. The van der Waals surface area contributed by atoms with Crippen LogP contribution in [0.3, 0.4) is 0 Å². The van der Waals surface area contributed by atoms with Crippen LogP contribution in [0.4, 0.5) is 0 Å². The fraction of sp³-hybridized carbons (Fsp3) is 0.611. The molecule has 0 aromatic heterocycles. The molecule has 5 heteroatoms. The van der Waals surface area contributed by atoms with E-state index >= 15 is 0 Å². The van der Waals surface area contributed by atoms with Crippen LogP contribution in [-0.4, -0.2) is 25.2 Å². The van der Waals surface area contributed by atoms with Gasteiger partial charge in [-0.3, -0.25) is 0 Å². The van der Waals surface area contributed by atoms with Crippen LogP contribution in [0, 0.1) is 0 Å². The highest BCUT2D eigenvalue weighted by Gasteiger charge is 2.16. The quantitative estimate of drug-likeness (QED) is 0.596. The Hall–Kier alpha value is -1.36. The molecule has 0 aliphatic carbocycles. The summed E-state index contributed by atoms with van der Waals surface area (Å²) in [5.74, 6) is -3.47. The third kappa shape index (κ3) is 8.16. The predicted molar refractivity (Wildman–Crippen MR) is 93.5 cm³/mol. The molecule has 0 aliphatic rings. The first-order chi connectivity index (χ1) is 19.3. The van der Waals surface area contributed by atoms with Crippen LogP contribution in [0.1, 0.15) is 104 Å². The Morgan fingerprint density at radius 3 is 2.48 bits per heavy atom. The first-order valence-electron chi connectivity index (χ1n) is 16.8. The Kier molecular flexibility index (Phi) is 2.19. The SMILES string of the molecule is [2H]c1ccc(CS(=O)(=O)C([2H])([2H])C([2H])([2H])C([2H])([2H])C([2H])([2H])C([2H])([2H])C([2H])([2H])C([2H])([2H])C([2H])([2H])C([2H])([2H])C([2H])([2H])[2H])c(C(=O)O)c1. The minimum Gasteiger partial charge on any atom is -0.478 e. The highest BCUT2D eigenvalue weighted by Crippen LogP contribution is 2.15. The molecule has 0 radical (unpaired) electrons. The van der Waals surface area contributed by atoms with Gasteiger partial charge in [0, 0.05) is 28.8 Å². The van der Waals surface area contributed by atoms with Crippen LogP contribution >= 0.6 is 0 Å². The summed E-state index contributed by atoms with van der Waals surface area (Å²) in [4.78, 5) is 11.5. The lowest BCUT2D eigenvalue weighted by Crippen LogP contribution is -2.12. The highest BCUT2D eigenvalue weighted by atomic mass is 32.2. The molecule has 1 aromatic rings. The standard InChI is InChI=1S/C18H28O4S/c1-2-3-4-5-6-7-8-11-14-23(21,22)15-16-12-9-10-13-17(16)18(19)20/h9-10,12-13H,2-8,11,14-15H2,1H3,(H,19,20)/i1D3,2D2,3D2,4D2,5D2,6D2,7D2,8D2,10D,11D2,14D2. The van der Waals surface area contributed by atoms with Crippen molar-refractivity contribution in [3.63, 3.8) is 0 Å². The van der Waals surface area contributed by atoms with E-state index < -0.39 is 102 Å². The van der Waals surface area contributed by atoms with E-state index in [-0.39, 0.29) is 0 Å². The zero-order valence-corrected chi connectivity index (χ0v) is 12.3. The number of benzene rings is 1. The van der Waals surface area contributed by atoms with Gasteiger partial charge in [-0.25, -0.2) is 13.2 Å². The zero-order chi connectivity index (χ0) is 36.6. The summed E-state index contributed by atoms with van der Waals surface area (Å²) in [6, 6.07) is 1.87. The van der Waals surface area contributed by atoms with Crippen molar-refractivity contribution in [1.82, 2.24) is 0 Å². The van der Waals surface area contributed by atoms with E-state index in [1.165, 1.54) is 0 Å². The third-order valence-electron chi connectivity index (χ3n) is 2.17. The predicted octanol–water partition coefficient (Wildman–Crippen LogP) is 4.44. The van der Waals surface area contributed by atoms with Gasteiger partial charge in [0.05, 0.1) is 18.4 Å². The third-order valence-corrected chi connectivity index (χ3v) is 3.28. The van der Waals surface area contributed by atoms with Gasteiger partial charge in [-0.1, -0.05) is 69.6 Å². The van der Waals surface area contributed by atoms with Crippen LogP contribution in [0.2, 0.25) is 0 Å². The molecule has 0 bridgehead atoms. The molecule has 0 spiro atoms. The summed E-state index contributed by atoms with van der Waals surface area (Å²) < 4.78 is 199. The number of aromatic carboxylic acids is 1. The second-order valence-corrected chi connectivity index (χ2v) is 5.47. The van der Waals surface area contributed by atoms with Crippen molar-refractivity contribution in [3.05, 3.63) is 35.4 Å². The lowest BCUT2D eigenvalue weighted by molar-refractivity contribution is 0.0696. The fourth-order valence-electron chi connectivity index (χ4n) is 1.32. The van der Waals surface area contributed by atoms with Crippen molar-refractivity contribution in [2.24, 2.45) is 0 Å². The Bertz CT molecular complexity index is 1410. The highest BCUT2D eigenvalue weighted by molar-refractivity contribution is 7.90. The molecule has 4 nitrogen and oxygen atoms in total. The Balaban J connectivity index is 3.87. The summed E-state index contributed by atoms with van der Waals surface area (Å²) in [6.45, 7) is -4.02. The summed E-state index contributed by atoms with van der Waals surface area (Å²) in [6.07, 6.45) is -37.7. The maximum absolute atomic E-state index is 13.1. The van der Waals surface area contributed by atoms with Crippen molar-refractivity contribution in [1.29, 1.82) is 0 Å². The largest absolute Gasteiger partial charge is 0.478 e. The van der Waals surface area contributed by atoms with Crippen molar-refractivity contribution < 1.29 is 48.5 Å². The summed E-state index contributed by atoms with van der Waals surface area (Å²) >= 11 is 0. The Morgan fingerprint density at radius 1 is 1.17 bits per heavy atom. The average molecular weight is 363 g/mol. The van der Waals surface area contributed by atoms with E-state index in [0.717, 1.165) is 12.1 Å². The summed E-state index contributed by atoms with van der Waals surface area (Å²) in [5.41, 5.74) is -6.16. The van der Waals surface area contributed by atoms with Gasteiger partial charge in [0.15, 0.2) is 9.84 Å². The number of carbonyl (C=O) groups is 1. The monoisotopic (exact) mass is 362 g/mol. The molecule has 130 valence electrons. The number of hydrogen-bond acceptors (Lipinski definition) is 3. The van der Waals surface area contributed by atoms with Crippen molar-refractivity contribution in [2.45, 2.75) is 63.6 Å². The molecule has 0 aliphatic heterocycles. The maximum atomic E-state index is 13.1. The zero-order valence-electron chi connectivity index (χ0n) is 33.5. The van der Waals surface area contributed by atoms with Gasteiger partial charge in [0.25, 0.3) is 0 Å². The molecular formula is C18H28O4S. The normalized spacial score (nSPS) is 31.8. The van der Waals surface area contributed by atoms with Crippen LogP contribution < -0.4 is 0 Å². The summed E-state index contributed by atoms with van der Waals surface area (Å²) in [5, 5.41) is 9.32. The fourth-order valence-corrected chi connectivity index (χ4v) is 2.26. The first-order valence-corrected chi connectivity index (χ1v) is 7.50. The van der Waals surface area contributed by atoms with Gasteiger partial charge >= 0.3 is 5.97 Å². The topological polar surface area (TPSA) is 71.4 Å². The summed E-state index contributed by atoms with van der Waals surface area (Å²) in [7, 11) is -5.79.